The van der Waals surface area contributed by atoms with Gasteiger partial charge in [-0.25, -0.2) is 13.5 Å². The van der Waals surface area contributed by atoms with E-state index in [1.807, 2.05) is 37.3 Å². The van der Waals surface area contributed by atoms with Gasteiger partial charge in [-0.2, -0.15) is 5.10 Å². The average Bonchev–Trinajstić information content (AvgIpc) is 3.16. The number of aryl methyl sites for hydroxylation is 1. The second-order valence-electron chi connectivity index (χ2n) is 8.89. The molecule has 3 aromatic carbocycles. The molecule has 0 saturated carbocycles. The summed E-state index contributed by atoms with van der Waals surface area (Å²) in [5, 5.41) is 15.5. The highest BCUT2D eigenvalue weighted by Crippen LogP contribution is 2.32. The summed E-state index contributed by atoms with van der Waals surface area (Å²) in [4.78, 5) is 2.18. The Morgan fingerprint density at radius 3 is 2.22 bits per heavy atom. The monoisotopic (exact) mass is 491 g/mol. The lowest BCUT2D eigenvalue weighted by Gasteiger charge is -2.25. The molecule has 0 aliphatic carbocycles. The van der Waals surface area contributed by atoms with Gasteiger partial charge in [0, 0.05) is 13.1 Å². The molecule has 7 heteroatoms. The zero-order chi connectivity index (χ0) is 25.5. The van der Waals surface area contributed by atoms with Crippen molar-refractivity contribution >= 4 is 0 Å². The van der Waals surface area contributed by atoms with Crippen molar-refractivity contribution in [3.63, 3.8) is 0 Å². The molecule has 0 saturated heterocycles. The largest absolute Gasteiger partial charge is 0.439 e. The standard InChI is InChI=1S/C29H31F2N3O2/c1-3-17-33(19-26(35)18-22-7-5-4-6-8-22)20-28-21(2)32-34(25-13-9-23(30)10-14-25)29(28)36-27-15-11-24(31)12-16-27/h4-16,26,35H,3,17-20H2,1-2H3/t26-/m0/s1. The number of benzene rings is 3. The zero-order valence-electron chi connectivity index (χ0n) is 20.6. The van der Waals surface area contributed by atoms with Crippen LogP contribution >= 0.6 is 0 Å². The van der Waals surface area contributed by atoms with E-state index in [1.54, 1.807) is 28.9 Å². The van der Waals surface area contributed by atoms with Crippen molar-refractivity contribution in [2.24, 2.45) is 0 Å². The van der Waals surface area contributed by atoms with Crippen molar-refractivity contribution < 1.29 is 18.6 Å². The molecule has 0 spiro atoms. The van der Waals surface area contributed by atoms with Crippen LogP contribution in [0.25, 0.3) is 5.69 Å². The number of aromatic nitrogens is 2. The first kappa shape index (κ1) is 25.5. The molecule has 0 fully saturated rings. The van der Waals surface area contributed by atoms with Gasteiger partial charge in [-0.15, -0.1) is 0 Å². The second-order valence-corrected chi connectivity index (χ2v) is 8.89. The summed E-state index contributed by atoms with van der Waals surface area (Å²) in [5.74, 6) is 0.245. The Morgan fingerprint density at radius 1 is 0.944 bits per heavy atom. The van der Waals surface area contributed by atoms with Crippen molar-refractivity contribution in [3.8, 4) is 17.3 Å². The average molecular weight is 492 g/mol. The fourth-order valence-electron chi connectivity index (χ4n) is 4.22. The summed E-state index contributed by atoms with van der Waals surface area (Å²) in [5.41, 5.74) is 3.34. The van der Waals surface area contributed by atoms with Crippen molar-refractivity contribution in [1.82, 2.24) is 14.7 Å². The maximum Gasteiger partial charge on any atom is 0.227 e. The van der Waals surface area contributed by atoms with Crippen LogP contribution in [-0.2, 0) is 13.0 Å². The van der Waals surface area contributed by atoms with Crippen LogP contribution in [0.2, 0.25) is 0 Å². The highest BCUT2D eigenvalue weighted by molar-refractivity contribution is 5.43. The Morgan fingerprint density at radius 2 is 1.58 bits per heavy atom. The molecule has 0 aliphatic rings. The predicted molar refractivity (Wildman–Crippen MR) is 136 cm³/mol. The van der Waals surface area contributed by atoms with E-state index in [0.29, 0.717) is 36.8 Å². The number of hydrogen-bond acceptors (Lipinski definition) is 4. The molecule has 4 aromatic rings. The van der Waals surface area contributed by atoms with E-state index in [9.17, 15) is 13.9 Å². The predicted octanol–water partition coefficient (Wildman–Crippen LogP) is 6.07. The number of aliphatic hydroxyl groups is 1. The lowest BCUT2D eigenvalue weighted by molar-refractivity contribution is 0.108. The molecule has 1 heterocycles. The van der Waals surface area contributed by atoms with Gasteiger partial charge >= 0.3 is 0 Å². The van der Waals surface area contributed by atoms with Gasteiger partial charge in [0.25, 0.3) is 0 Å². The third-order valence-corrected chi connectivity index (χ3v) is 5.94. The summed E-state index contributed by atoms with van der Waals surface area (Å²) in [6.07, 6.45) is 0.943. The first-order valence-electron chi connectivity index (χ1n) is 12.1. The highest BCUT2D eigenvalue weighted by atomic mass is 19.1. The molecule has 36 heavy (non-hydrogen) atoms. The fourth-order valence-corrected chi connectivity index (χ4v) is 4.22. The molecule has 0 radical (unpaired) electrons. The number of rotatable bonds is 11. The maximum atomic E-state index is 13.6. The van der Waals surface area contributed by atoms with Crippen molar-refractivity contribution in [3.05, 3.63) is 107 Å². The molecular formula is C29H31F2N3O2. The van der Waals surface area contributed by atoms with Crippen molar-refractivity contribution in [2.75, 3.05) is 13.1 Å². The fraction of sp³-hybridized carbons (Fsp3) is 0.276. The van der Waals surface area contributed by atoms with Gasteiger partial charge in [0.05, 0.1) is 23.0 Å². The number of hydrogen-bond donors (Lipinski definition) is 1. The number of ether oxygens (including phenoxy) is 1. The van der Waals surface area contributed by atoms with E-state index < -0.39 is 6.10 Å². The Hall–Kier alpha value is -3.55. The van der Waals surface area contributed by atoms with Crippen LogP contribution in [0.1, 0.15) is 30.2 Å². The first-order chi connectivity index (χ1) is 17.4. The molecule has 0 unspecified atom stereocenters. The van der Waals surface area contributed by atoms with Crippen LogP contribution in [0.5, 0.6) is 11.6 Å². The Balaban J connectivity index is 1.63. The van der Waals surface area contributed by atoms with Gasteiger partial charge in [0.1, 0.15) is 17.4 Å². The smallest absolute Gasteiger partial charge is 0.227 e. The molecule has 0 bridgehead atoms. The molecule has 1 atom stereocenters. The van der Waals surface area contributed by atoms with E-state index in [-0.39, 0.29) is 11.6 Å². The Kier molecular flexibility index (Phi) is 8.46. The van der Waals surface area contributed by atoms with Gasteiger partial charge in [0.2, 0.25) is 5.88 Å². The summed E-state index contributed by atoms with van der Waals surface area (Å²) in [6.45, 7) is 5.77. The molecule has 1 aromatic heterocycles. The maximum absolute atomic E-state index is 13.6. The topological polar surface area (TPSA) is 50.5 Å². The number of nitrogens with zero attached hydrogens (tertiary/aromatic N) is 3. The lowest BCUT2D eigenvalue weighted by Crippen LogP contribution is -2.34. The van der Waals surface area contributed by atoms with E-state index in [4.69, 9.17) is 9.84 Å². The van der Waals surface area contributed by atoms with E-state index in [0.717, 1.165) is 29.8 Å². The highest BCUT2D eigenvalue weighted by Gasteiger charge is 2.22. The van der Waals surface area contributed by atoms with Crippen LogP contribution in [0.3, 0.4) is 0 Å². The van der Waals surface area contributed by atoms with Crippen molar-refractivity contribution in [2.45, 2.75) is 39.3 Å². The molecule has 4 rings (SSSR count). The quantitative estimate of drug-likeness (QED) is 0.277. The minimum atomic E-state index is -0.534. The minimum Gasteiger partial charge on any atom is -0.439 e. The van der Waals surface area contributed by atoms with E-state index in [1.165, 1.54) is 24.3 Å². The summed E-state index contributed by atoms with van der Waals surface area (Å²) < 4.78 is 34.9. The normalized spacial score (nSPS) is 12.2. The van der Waals surface area contributed by atoms with Crippen LogP contribution in [0.15, 0.2) is 78.9 Å². The summed E-state index contributed by atoms with van der Waals surface area (Å²) in [6, 6.07) is 21.7. The SMILES string of the molecule is CCCN(Cc1c(C)nn(-c2ccc(F)cc2)c1Oc1ccc(F)cc1)C[C@@H](O)Cc1ccccc1. The molecule has 5 nitrogen and oxygen atoms in total. The number of aliphatic hydroxyl groups excluding tert-OH is 1. The zero-order valence-corrected chi connectivity index (χ0v) is 20.6. The summed E-state index contributed by atoms with van der Waals surface area (Å²) in [7, 11) is 0. The third-order valence-electron chi connectivity index (χ3n) is 5.94. The number of halogens is 2. The Labute approximate surface area is 210 Å². The first-order valence-corrected chi connectivity index (χ1v) is 12.1. The van der Waals surface area contributed by atoms with Gasteiger partial charge < -0.3 is 9.84 Å². The van der Waals surface area contributed by atoms with Gasteiger partial charge in [0.15, 0.2) is 0 Å². The minimum absolute atomic E-state index is 0.342. The Bertz CT molecular complexity index is 1240. The molecule has 1 N–H and O–H groups in total. The van der Waals surface area contributed by atoms with Gasteiger partial charge in [-0.3, -0.25) is 4.90 Å². The van der Waals surface area contributed by atoms with Crippen LogP contribution in [0, 0.1) is 18.6 Å². The summed E-state index contributed by atoms with van der Waals surface area (Å²) >= 11 is 0. The van der Waals surface area contributed by atoms with Crippen LogP contribution in [0.4, 0.5) is 8.78 Å². The molecular weight excluding hydrogens is 460 g/mol. The van der Waals surface area contributed by atoms with Gasteiger partial charge in [-0.05, 0) is 80.4 Å². The lowest BCUT2D eigenvalue weighted by atomic mass is 10.1. The van der Waals surface area contributed by atoms with E-state index >= 15 is 0 Å². The van der Waals surface area contributed by atoms with E-state index in [2.05, 4.69) is 11.8 Å². The van der Waals surface area contributed by atoms with Crippen molar-refractivity contribution in [1.29, 1.82) is 0 Å². The van der Waals surface area contributed by atoms with Crippen LogP contribution in [-0.4, -0.2) is 39.0 Å². The van der Waals surface area contributed by atoms with Crippen LogP contribution < -0.4 is 4.74 Å². The second kappa shape index (κ2) is 11.9. The van der Waals surface area contributed by atoms with Gasteiger partial charge in [-0.1, -0.05) is 37.3 Å². The molecule has 0 amide bonds. The molecule has 188 valence electrons. The third kappa shape index (κ3) is 6.56. The molecule has 0 aliphatic heterocycles.